The molecule has 0 amide bonds. The van der Waals surface area contributed by atoms with Crippen LogP contribution in [0.5, 0.6) is 11.5 Å². The quantitative estimate of drug-likeness (QED) is 0.128. The number of methoxy groups -OCH3 is 1. The molecule has 0 radical (unpaired) electrons. The van der Waals surface area contributed by atoms with Crippen molar-refractivity contribution >= 4 is 34.3 Å². The van der Waals surface area contributed by atoms with Crippen LogP contribution in [0.4, 0.5) is 17.2 Å². The molecule has 4 N–H and O–H groups in total. The third-order valence-electron chi connectivity index (χ3n) is 7.58. The molecule has 1 saturated heterocycles. The second-order valence-electron chi connectivity index (χ2n) is 10.4. The molecule has 1 fully saturated rings. The lowest BCUT2D eigenvalue weighted by atomic mass is 10.0. The Morgan fingerprint density at radius 2 is 1.67 bits per heavy atom. The maximum atomic E-state index is 7.74. The molecule has 0 saturated carbocycles. The fourth-order valence-electron chi connectivity index (χ4n) is 5.31. The van der Waals surface area contributed by atoms with Crippen LogP contribution in [0.3, 0.4) is 0 Å². The molecule has 8 heteroatoms. The summed E-state index contributed by atoms with van der Waals surface area (Å²) in [7, 11) is 1.65. The van der Waals surface area contributed by atoms with Crippen molar-refractivity contribution in [3.63, 3.8) is 0 Å². The summed E-state index contributed by atoms with van der Waals surface area (Å²) in [6, 6.07) is 27.8. The number of benzene rings is 4. The third-order valence-corrected chi connectivity index (χ3v) is 7.58. The average Bonchev–Trinajstić information content (AvgIpc) is 3.56. The first kappa shape index (κ1) is 27.2. The van der Waals surface area contributed by atoms with E-state index in [0.717, 1.165) is 52.9 Å². The average molecular weight is 559 g/mol. The number of aromatic nitrogens is 2. The molecule has 1 aromatic heterocycles. The number of anilines is 3. The zero-order valence-electron chi connectivity index (χ0n) is 23.6. The van der Waals surface area contributed by atoms with E-state index in [9.17, 15) is 0 Å². The summed E-state index contributed by atoms with van der Waals surface area (Å²) >= 11 is 0. The van der Waals surface area contributed by atoms with E-state index in [1.807, 2.05) is 54.6 Å². The molecule has 212 valence electrons. The van der Waals surface area contributed by atoms with Gasteiger partial charge in [0.15, 0.2) is 17.3 Å². The topological polar surface area (TPSA) is 109 Å². The molecular weight excluding hydrogens is 524 g/mol. The number of rotatable bonds is 10. The molecule has 42 heavy (non-hydrogen) atoms. The number of hydrogen-bond acceptors (Lipinski definition) is 8. The molecule has 0 spiro atoms. The van der Waals surface area contributed by atoms with Crippen molar-refractivity contribution in [2.45, 2.75) is 12.8 Å². The van der Waals surface area contributed by atoms with Crippen LogP contribution in [-0.2, 0) is 0 Å². The van der Waals surface area contributed by atoms with Crippen molar-refractivity contribution in [3.05, 3.63) is 90.5 Å². The van der Waals surface area contributed by atoms with Gasteiger partial charge in [0.25, 0.3) is 0 Å². The lowest BCUT2D eigenvalue weighted by Gasteiger charge is -2.18. The minimum Gasteiger partial charge on any atom is -0.493 e. The first-order chi connectivity index (χ1) is 20.6. The number of likely N-dealkylation sites (tertiary alicyclic amines) is 1. The number of nitrogens with zero attached hydrogens (tertiary/aromatic N) is 3. The second kappa shape index (κ2) is 12.3. The van der Waals surface area contributed by atoms with Crippen LogP contribution >= 0.6 is 0 Å². The highest BCUT2D eigenvalue weighted by atomic mass is 16.5. The van der Waals surface area contributed by atoms with Crippen LogP contribution in [0.1, 0.15) is 18.4 Å². The molecular formula is C34H34N6O2. The predicted octanol–water partition coefficient (Wildman–Crippen LogP) is 6.77. The molecule has 6 rings (SSSR count). The number of nitrogen functional groups attached to an aromatic ring is 1. The lowest BCUT2D eigenvalue weighted by Crippen LogP contribution is -2.25. The Labute approximate surface area is 245 Å². The highest BCUT2D eigenvalue weighted by Gasteiger charge is 2.17. The van der Waals surface area contributed by atoms with Gasteiger partial charge in [-0.2, -0.15) is 0 Å². The zero-order chi connectivity index (χ0) is 28.9. The van der Waals surface area contributed by atoms with Crippen molar-refractivity contribution < 1.29 is 9.47 Å². The molecule has 0 bridgehead atoms. The van der Waals surface area contributed by atoms with Gasteiger partial charge in [0, 0.05) is 46.7 Å². The van der Waals surface area contributed by atoms with Crippen LogP contribution in [0.15, 0.2) is 84.9 Å². The monoisotopic (exact) mass is 558 g/mol. The van der Waals surface area contributed by atoms with E-state index >= 15 is 0 Å². The highest BCUT2D eigenvalue weighted by Crippen LogP contribution is 2.37. The third kappa shape index (κ3) is 5.89. The molecule has 2 heterocycles. The Kier molecular flexibility index (Phi) is 7.96. The molecule has 1 aliphatic rings. The standard InChI is InChI=1S/C34H34N6O2/c1-41-31-21-30-28(20-32(31)42-17-16-40-14-5-6-15-40)34(37-27-12-13-29(36)26(19-27)22-35)39-33(38-30)25-11-7-10-24(18-25)23-8-3-2-4-9-23/h2-4,7-13,18-22,35H,5-6,14-17,36H2,1H3,(H,37,38,39). The number of hydrogen-bond donors (Lipinski definition) is 3. The van der Waals surface area contributed by atoms with Crippen molar-refractivity contribution in [2.24, 2.45) is 0 Å². The minimum absolute atomic E-state index is 0.542. The van der Waals surface area contributed by atoms with Gasteiger partial charge in [-0.25, -0.2) is 9.97 Å². The van der Waals surface area contributed by atoms with Gasteiger partial charge in [-0.15, -0.1) is 0 Å². The van der Waals surface area contributed by atoms with Gasteiger partial charge < -0.3 is 25.9 Å². The van der Waals surface area contributed by atoms with Crippen molar-refractivity contribution in [1.82, 2.24) is 14.9 Å². The van der Waals surface area contributed by atoms with Crippen molar-refractivity contribution in [3.8, 4) is 34.0 Å². The second-order valence-corrected chi connectivity index (χ2v) is 10.4. The maximum absolute atomic E-state index is 7.74. The SMILES string of the molecule is COc1cc2nc(-c3cccc(-c4ccccc4)c3)nc(Nc3ccc(N)c(C=N)c3)c2cc1OCCN1CCCC1. The van der Waals surface area contributed by atoms with Gasteiger partial charge in [0.1, 0.15) is 12.4 Å². The Hall–Kier alpha value is -4.95. The Morgan fingerprint density at radius 3 is 2.45 bits per heavy atom. The van der Waals surface area contributed by atoms with E-state index < -0.39 is 0 Å². The number of nitrogens with one attached hydrogen (secondary N) is 2. The van der Waals surface area contributed by atoms with Gasteiger partial charge in [-0.3, -0.25) is 4.90 Å². The van der Waals surface area contributed by atoms with Gasteiger partial charge >= 0.3 is 0 Å². The molecule has 0 atom stereocenters. The van der Waals surface area contributed by atoms with E-state index in [2.05, 4.69) is 34.5 Å². The van der Waals surface area contributed by atoms with Crippen molar-refractivity contribution in [1.29, 1.82) is 5.41 Å². The van der Waals surface area contributed by atoms with Crippen molar-refractivity contribution in [2.75, 3.05) is 44.4 Å². The normalized spacial score (nSPS) is 13.3. The van der Waals surface area contributed by atoms with Crippen LogP contribution in [-0.4, -0.2) is 54.4 Å². The molecule has 0 aliphatic carbocycles. The van der Waals surface area contributed by atoms with Crippen LogP contribution in [0, 0.1) is 5.41 Å². The van der Waals surface area contributed by atoms with E-state index in [1.54, 1.807) is 13.2 Å². The Bertz CT molecular complexity index is 1720. The maximum Gasteiger partial charge on any atom is 0.162 e. The summed E-state index contributed by atoms with van der Waals surface area (Å²) in [5.74, 6) is 2.46. The van der Waals surface area contributed by atoms with Crippen LogP contribution in [0.25, 0.3) is 33.4 Å². The molecule has 5 aromatic rings. The summed E-state index contributed by atoms with van der Waals surface area (Å²) in [6.07, 6.45) is 3.73. The van der Waals surface area contributed by atoms with E-state index in [4.69, 9.17) is 30.6 Å². The first-order valence-corrected chi connectivity index (χ1v) is 14.2. The highest BCUT2D eigenvalue weighted by molar-refractivity contribution is 5.95. The molecule has 0 unspecified atom stereocenters. The Balaban J connectivity index is 1.42. The zero-order valence-corrected chi connectivity index (χ0v) is 23.6. The van der Waals surface area contributed by atoms with Gasteiger partial charge in [0.2, 0.25) is 0 Å². The van der Waals surface area contributed by atoms with Gasteiger partial charge in [-0.1, -0.05) is 48.5 Å². The lowest BCUT2D eigenvalue weighted by molar-refractivity contribution is 0.230. The fourth-order valence-corrected chi connectivity index (χ4v) is 5.31. The number of nitrogens with two attached hydrogens (primary N) is 1. The summed E-state index contributed by atoms with van der Waals surface area (Å²) in [6.45, 7) is 3.68. The van der Waals surface area contributed by atoms with Gasteiger partial charge in [-0.05, 0) is 67.4 Å². The van der Waals surface area contributed by atoms with Gasteiger partial charge in [0.05, 0.1) is 12.6 Å². The summed E-state index contributed by atoms with van der Waals surface area (Å²) in [5, 5.41) is 12.0. The smallest absolute Gasteiger partial charge is 0.162 e. The molecule has 1 aliphatic heterocycles. The summed E-state index contributed by atoms with van der Waals surface area (Å²) in [4.78, 5) is 12.4. The fraction of sp³-hybridized carbons (Fsp3) is 0.206. The van der Waals surface area contributed by atoms with Crippen LogP contribution in [0.2, 0.25) is 0 Å². The predicted molar refractivity (Wildman–Crippen MR) is 170 cm³/mol. The van der Waals surface area contributed by atoms with E-state index in [-0.39, 0.29) is 0 Å². The number of fused-ring (bicyclic) bond motifs is 1. The van der Waals surface area contributed by atoms with Crippen LogP contribution < -0.4 is 20.5 Å². The molecule has 4 aromatic carbocycles. The number of ether oxygens (including phenoxy) is 2. The largest absolute Gasteiger partial charge is 0.493 e. The first-order valence-electron chi connectivity index (χ1n) is 14.2. The minimum atomic E-state index is 0.542. The summed E-state index contributed by atoms with van der Waals surface area (Å²) in [5.41, 5.74) is 11.8. The summed E-state index contributed by atoms with van der Waals surface area (Å²) < 4.78 is 12.0. The van der Waals surface area contributed by atoms with E-state index in [1.165, 1.54) is 19.1 Å². The Morgan fingerprint density at radius 1 is 0.881 bits per heavy atom. The molecule has 8 nitrogen and oxygen atoms in total. The van der Waals surface area contributed by atoms with E-state index in [0.29, 0.717) is 41.0 Å².